The van der Waals surface area contributed by atoms with Crippen molar-refractivity contribution in [1.82, 2.24) is 9.29 Å². The Hall–Kier alpha value is -1.78. The number of thioether (sulfide) groups is 1. The van der Waals surface area contributed by atoms with E-state index >= 15 is 0 Å². The van der Waals surface area contributed by atoms with Crippen molar-refractivity contribution in [3.8, 4) is 0 Å². The second-order valence-corrected chi connectivity index (χ2v) is 10.6. The van der Waals surface area contributed by atoms with Gasteiger partial charge < -0.3 is 9.73 Å². The molecule has 0 spiro atoms. The molecule has 1 heterocycles. The first kappa shape index (κ1) is 21.9. The number of nitrogens with one attached hydrogen (secondary N) is 1. The highest BCUT2D eigenvalue weighted by Crippen LogP contribution is 2.30. The Kier molecular flexibility index (Phi) is 6.45. The predicted octanol–water partition coefficient (Wildman–Crippen LogP) is 4.50. The number of carbonyl (C=O) groups is 1. The number of benzene rings is 2. The molecule has 1 N–H and O–H groups in total. The van der Waals surface area contributed by atoms with E-state index in [2.05, 4.69) is 10.3 Å². The zero-order valence-corrected chi connectivity index (χ0v) is 18.8. The number of sulfonamides is 1. The van der Waals surface area contributed by atoms with Crippen LogP contribution in [0.4, 0.5) is 5.69 Å². The molecule has 1 aromatic heterocycles. The summed E-state index contributed by atoms with van der Waals surface area (Å²) in [5.74, 6) is -0.308. The highest BCUT2D eigenvalue weighted by molar-refractivity contribution is 8.00. The average Bonchev–Trinajstić information content (AvgIpc) is 3.05. The number of hydrogen-bond donors (Lipinski definition) is 1. The van der Waals surface area contributed by atoms with Gasteiger partial charge in [-0.25, -0.2) is 17.7 Å². The lowest BCUT2D eigenvalue weighted by molar-refractivity contribution is -0.115. The standard InChI is InChI=1S/C18H17Cl2N3O4S2/c1-10(17(24)21-14-8-11(19)4-6-13(14)20)28-18-22-15-9-12(5-7-16(15)27-18)29(25,26)23(2)3/h4-10H,1-3H3,(H,21,24)/t10-/m0/s1. The Balaban J connectivity index is 1.77. The number of amides is 1. The van der Waals surface area contributed by atoms with E-state index in [1.807, 2.05) is 0 Å². The van der Waals surface area contributed by atoms with Gasteiger partial charge in [0, 0.05) is 19.1 Å². The van der Waals surface area contributed by atoms with Crippen LogP contribution in [0.25, 0.3) is 11.1 Å². The summed E-state index contributed by atoms with van der Waals surface area (Å²) in [4.78, 5) is 16.9. The predicted molar refractivity (Wildman–Crippen MR) is 115 cm³/mol. The fourth-order valence-corrected chi connectivity index (χ4v) is 4.36. The van der Waals surface area contributed by atoms with Crippen molar-refractivity contribution >= 4 is 67.7 Å². The van der Waals surface area contributed by atoms with Gasteiger partial charge in [0.2, 0.25) is 15.9 Å². The second-order valence-electron chi connectivity index (χ2n) is 6.27. The molecule has 3 rings (SSSR count). The van der Waals surface area contributed by atoms with Gasteiger partial charge in [-0.2, -0.15) is 0 Å². The molecule has 0 aliphatic heterocycles. The summed E-state index contributed by atoms with van der Waals surface area (Å²) >= 11 is 13.1. The van der Waals surface area contributed by atoms with Crippen molar-refractivity contribution < 1.29 is 17.6 Å². The first-order valence-corrected chi connectivity index (χ1v) is 11.4. The molecule has 0 bridgehead atoms. The fraction of sp³-hybridized carbons (Fsp3) is 0.222. The number of fused-ring (bicyclic) bond motifs is 1. The van der Waals surface area contributed by atoms with E-state index in [1.54, 1.807) is 31.2 Å². The van der Waals surface area contributed by atoms with Crippen LogP contribution < -0.4 is 5.32 Å². The van der Waals surface area contributed by atoms with Crippen molar-refractivity contribution in [3.63, 3.8) is 0 Å². The molecule has 11 heteroatoms. The van der Waals surface area contributed by atoms with E-state index in [0.29, 0.717) is 26.8 Å². The van der Waals surface area contributed by atoms with E-state index in [-0.39, 0.29) is 16.0 Å². The molecule has 1 atom stereocenters. The van der Waals surface area contributed by atoms with Crippen molar-refractivity contribution in [2.75, 3.05) is 19.4 Å². The Bertz CT molecular complexity index is 1180. The third kappa shape index (κ3) is 4.87. The maximum absolute atomic E-state index is 12.5. The maximum Gasteiger partial charge on any atom is 0.257 e. The molecule has 1 amide bonds. The Morgan fingerprint density at radius 2 is 1.93 bits per heavy atom. The van der Waals surface area contributed by atoms with Crippen LogP contribution in [0.3, 0.4) is 0 Å². The molecule has 2 aromatic carbocycles. The van der Waals surface area contributed by atoms with E-state index in [1.165, 1.54) is 26.2 Å². The molecule has 0 fully saturated rings. The van der Waals surface area contributed by atoms with E-state index in [0.717, 1.165) is 16.1 Å². The summed E-state index contributed by atoms with van der Waals surface area (Å²) in [5.41, 5.74) is 1.23. The lowest BCUT2D eigenvalue weighted by Crippen LogP contribution is -2.22. The normalized spacial score (nSPS) is 13.0. The molecule has 29 heavy (non-hydrogen) atoms. The van der Waals surface area contributed by atoms with E-state index in [4.69, 9.17) is 27.6 Å². The van der Waals surface area contributed by atoms with Gasteiger partial charge in [0.05, 0.1) is 20.9 Å². The smallest absolute Gasteiger partial charge is 0.257 e. The number of carbonyl (C=O) groups excluding carboxylic acids is 1. The summed E-state index contributed by atoms with van der Waals surface area (Å²) in [7, 11) is -0.671. The fourth-order valence-electron chi connectivity index (χ4n) is 2.34. The van der Waals surface area contributed by atoms with Gasteiger partial charge in [0.15, 0.2) is 5.58 Å². The lowest BCUT2D eigenvalue weighted by Gasteiger charge is -2.11. The first-order chi connectivity index (χ1) is 13.6. The molecule has 0 aliphatic rings. The molecular weight excluding hydrogens is 457 g/mol. The number of aromatic nitrogens is 1. The van der Waals surface area contributed by atoms with Crippen LogP contribution >= 0.6 is 35.0 Å². The van der Waals surface area contributed by atoms with Gasteiger partial charge in [-0.3, -0.25) is 4.79 Å². The minimum absolute atomic E-state index is 0.112. The first-order valence-electron chi connectivity index (χ1n) is 8.33. The van der Waals surface area contributed by atoms with Crippen LogP contribution in [0.1, 0.15) is 6.92 Å². The van der Waals surface area contributed by atoms with Crippen molar-refractivity contribution in [3.05, 3.63) is 46.4 Å². The zero-order valence-electron chi connectivity index (χ0n) is 15.6. The molecule has 0 saturated heterocycles. The third-order valence-corrected chi connectivity index (χ3v) is 7.27. The number of anilines is 1. The Labute approximate surface area is 182 Å². The van der Waals surface area contributed by atoms with Crippen LogP contribution in [0.2, 0.25) is 10.0 Å². The van der Waals surface area contributed by atoms with Crippen LogP contribution in [-0.2, 0) is 14.8 Å². The number of oxazole rings is 1. The quantitative estimate of drug-likeness (QED) is 0.529. The summed E-state index contributed by atoms with van der Waals surface area (Å²) < 4.78 is 31.3. The molecular formula is C18H17Cl2N3O4S2. The maximum atomic E-state index is 12.5. The van der Waals surface area contributed by atoms with Gasteiger partial charge in [0.25, 0.3) is 5.22 Å². The van der Waals surface area contributed by atoms with E-state index in [9.17, 15) is 13.2 Å². The summed E-state index contributed by atoms with van der Waals surface area (Å²) in [6.07, 6.45) is 0. The number of hydrogen-bond acceptors (Lipinski definition) is 6. The van der Waals surface area contributed by atoms with Crippen molar-refractivity contribution in [1.29, 1.82) is 0 Å². The number of halogens is 2. The minimum atomic E-state index is -3.58. The molecule has 0 unspecified atom stereocenters. The molecule has 0 aliphatic carbocycles. The van der Waals surface area contributed by atoms with Gasteiger partial charge in [-0.05, 0) is 43.3 Å². The summed E-state index contributed by atoms with van der Waals surface area (Å²) in [6, 6.07) is 9.21. The Morgan fingerprint density at radius 1 is 1.21 bits per heavy atom. The molecule has 7 nitrogen and oxygen atoms in total. The Morgan fingerprint density at radius 3 is 2.62 bits per heavy atom. The number of nitrogens with zero attached hydrogens (tertiary/aromatic N) is 2. The van der Waals surface area contributed by atoms with Crippen LogP contribution in [0, 0.1) is 0 Å². The topological polar surface area (TPSA) is 92.5 Å². The zero-order chi connectivity index (χ0) is 21.3. The largest absolute Gasteiger partial charge is 0.431 e. The third-order valence-electron chi connectivity index (χ3n) is 3.95. The highest BCUT2D eigenvalue weighted by atomic mass is 35.5. The monoisotopic (exact) mass is 473 g/mol. The summed E-state index contributed by atoms with van der Waals surface area (Å²) in [6.45, 7) is 1.69. The van der Waals surface area contributed by atoms with Crippen LogP contribution in [0.5, 0.6) is 0 Å². The number of rotatable bonds is 6. The lowest BCUT2D eigenvalue weighted by atomic mass is 10.3. The summed E-state index contributed by atoms with van der Waals surface area (Å²) in [5, 5.41) is 3.24. The molecule has 3 aromatic rings. The molecule has 0 saturated carbocycles. The second kappa shape index (κ2) is 8.53. The van der Waals surface area contributed by atoms with Gasteiger partial charge in [-0.15, -0.1) is 0 Å². The van der Waals surface area contributed by atoms with Gasteiger partial charge in [0.1, 0.15) is 5.52 Å². The van der Waals surface area contributed by atoms with E-state index < -0.39 is 15.3 Å². The van der Waals surface area contributed by atoms with Crippen molar-refractivity contribution in [2.24, 2.45) is 0 Å². The highest BCUT2D eigenvalue weighted by Gasteiger charge is 2.21. The van der Waals surface area contributed by atoms with Crippen LogP contribution in [0.15, 0.2) is 50.9 Å². The minimum Gasteiger partial charge on any atom is -0.431 e. The van der Waals surface area contributed by atoms with Crippen molar-refractivity contribution in [2.45, 2.75) is 22.3 Å². The average molecular weight is 474 g/mol. The molecule has 0 radical (unpaired) electrons. The van der Waals surface area contributed by atoms with Gasteiger partial charge >= 0.3 is 0 Å². The van der Waals surface area contributed by atoms with Gasteiger partial charge in [-0.1, -0.05) is 35.0 Å². The molecule has 154 valence electrons. The van der Waals surface area contributed by atoms with Crippen LogP contribution in [-0.4, -0.2) is 43.0 Å². The SMILES string of the molecule is C[C@H](Sc1nc2cc(S(=O)(=O)N(C)C)ccc2o1)C(=O)Nc1cc(Cl)ccc1Cl.